The number of hydrogen-bond donors (Lipinski definition) is 0. The topological polar surface area (TPSA) is 30.2 Å². The third-order valence-electron chi connectivity index (χ3n) is 1.27. The van der Waals surface area contributed by atoms with Crippen LogP contribution in [0.25, 0.3) is 0 Å². The number of aromatic nitrogens is 2. The van der Waals surface area contributed by atoms with Crippen LogP contribution >= 0.6 is 12.2 Å². The van der Waals surface area contributed by atoms with E-state index in [-0.39, 0.29) is 0 Å². The summed E-state index contributed by atoms with van der Waals surface area (Å²) in [6.45, 7) is 3.44. The maximum Gasteiger partial charge on any atom is 0.0689 e. The van der Waals surface area contributed by atoms with Crippen LogP contribution in [0.2, 0.25) is 0 Å². The van der Waals surface area contributed by atoms with Crippen LogP contribution < -0.4 is 0 Å². The Hall–Kier alpha value is -0.990. The lowest BCUT2D eigenvalue weighted by Gasteiger charge is -1.93. The van der Waals surface area contributed by atoms with Crippen LogP contribution in [0.3, 0.4) is 0 Å². The predicted molar refractivity (Wildman–Crippen MR) is 46.9 cm³/mol. The normalized spacial score (nSPS) is 9.18. The van der Waals surface area contributed by atoms with Gasteiger partial charge in [0.05, 0.1) is 24.4 Å². The number of isothiocyanates is 1. The highest BCUT2D eigenvalue weighted by atomic mass is 32.1. The molecule has 0 aliphatic heterocycles. The molecule has 0 aromatic carbocycles. The Morgan fingerprint density at radius 2 is 2.64 bits per heavy atom. The van der Waals surface area contributed by atoms with E-state index in [2.05, 4.69) is 27.5 Å². The first-order valence-electron chi connectivity index (χ1n) is 3.35. The molecule has 0 aliphatic rings. The molecule has 0 N–H and O–H groups in total. The van der Waals surface area contributed by atoms with Crippen LogP contribution in [-0.4, -0.2) is 21.5 Å². The molecule has 58 valence electrons. The highest BCUT2D eigenvalue weighted by molar-refractivity contribution is 7.78. The molecule has 0 aliphatic carbocycles. The molecular formula is C7H9N3S. The van der Waals surface area contributed by atoms with E-state index in [1.54, 1.807) is 0 Å². The molecule has 0 amide bonds. The fraction of sp³-hybridized carbons (Fsp3) is 0.429. The summed E-state index contributed by atoms with van der Waals surface area (Å²) < 4.78 is 1.84. The summed E-state index contributed by atoms with van der Waals surface area (Å²) in [5.41, 5.74) is 1.16. The lowest BCUT2D eigenvalue weighted by Crippen LogP contribution is -2.00. The van der Waals surface area contributed by atoms with Gasteiger partial charge in [-0.15, -0.1) is 0 Å². The zero-order valence-corrected chi connectivity index (χ0v) is 7.14. The van der Waals surface area contributed by atoms with E-state index >= 15 is 0 Å². The van der Waals surface area contributed by atoms with Crippen LogP contribution in [0.1, 0.15) is 5.56 Å². The van der Waals surface area contributed by atoms with Crippen LogP contribution in [0.5, 0.6) is 0 Å². The van der Waals surface area contributed by atoms with Crippen molar-refractivity contribution in [3.05, 3.63) is 18.0 Å². The molecule has 0 radical (unpaired) electrons. The quantitative estimate of drug-likeness (QED) is 0.501. The molecule has 0 saturated heterocycles. The van der Waals surface area contributed by atoms with Crippen LogP contribution in [0.4, 0.5) is 0 Å². The number of aryl methyl sites for hydroxylation is 1. The van der Waals surface area contributed by atoms with Crippen LogP contribution in [-0.2, 0) is 6.54 Å². The van der Waals surface area contributed by atoms with Gasteiger partial charge in [-0.1, -0.05) is 0 Å². The molecule has 0 fully saturated rings. The van der Waals surface area contributed by atoms with Gasteiger partial charge in [0.25, 0.3) is 0 Å². The summed E-state index contributed by atoms with van der Waals surface area (Å²) in [6, 6.07) is 0. The number of nitrogens with zero attached hydrogens (tertiary/aromatic N) is 3. The summed E-state index contributed by atoms with van der Waals surface area (Å²) in [4.78, 5) is 3.78. The van der Waals surface area contributed by atoms with Crippen molar-refractivity contribution in [1.82, 2.24) is 9.78 Å². The zero-order valence-electron chi connectivity index (χ0n) is 6.32. The minimum absolute atomic E-state index is 0.657. The molecule has 1 rings (SSSR count). The van der Waals surface area contributed by atoms with Crippen molar-refractivity contribution in [3.63, 3.8) is 0 Å². The molecule has 0 atom stereocenters. The zero-order chi connectivity index (χ0) is 8.10. The first-order chi connectivity index (χ1) is 5.33. The largest absolute Gasteiger partial charge is 0.271 e. The third kappa shape index (κ3) is 2.62. The van der Waals surface area contributed by atoms with E-state index < -0.39 is 0 Å². The average Bonchev–Trinajstić information content (AvgIpc) is 2.37. The van der Waals surface area contributed by atoms with Crippen LogP contribution in [0, 0.1) is 6.92 Å². The molecule has 11 heavy (non-hydrogen) atoms. The molecule has 1 aromatic heterocycles. The standard InChI is InChI=1S/C7H9N3S/c1-7-4-9-10(5-7)3-2-8-6-11/h4-5H,2-3H2,1H3. The van der Waals surface area contributed by atoms with E-state index in [4.69, 9.17) is 0 Å². The minimum Gasteiger partial charge on any atom is -0.271 e. The van der Waals surface area contributed by atoms with Crippen molar-refractivity contribution in [1.29, 1.82) is 0 Å². The fourth-order valence-corrected chi connectivity index (χ4v) is 0.879. The molecule has 0 bridgehead atoms. The van der Waals surface area contributed by atoms with Crippen molar-refractivity contribution in [2.24, 2.45) is 4.99 Å². The van der Waals surface area contributed by atoms with Gasteiger partial charge in [-0.2, -0.15) is 5.10 Å². The van der Waals surface area contributed by atoms with Gasteiger partial charge in [0.2, 0.25) is 0 Å². The number of aliphatic imine (C=N–C) groups is 1. The Morgan fingerprint density at radius 1 is 1.82 bits per heavy atom. The monoisotopic (exact) mass is 167 g/mol. The molecule has 0 unspecified atom stereocenters. The highest BCUT2D eigenvalue weighted by Crippen LogP contribution is 1.93. The van der Waals surface area contributed by atoms with Crippen molar-refractivity contribution in [2.75, 3.05) is 6.54 Å². The number of hydrogen-bond acceptors (Lipinski definition) is 3. The Labute approximate surface area is 70.8 Å². The van der Waals surface area contributed by atoms with Gasteiger partial charge in [0.1, 0.15) is 0 Å². The lowest BCUT2D eigenvalue weighted by atomic mass is 10.4. The second kappa shape index (κ2) is 4.01. The van der Waals surface area contributed by atoms with Gasteiger partial charge in [-0.3, -0.25) is 4.68 Å². The Bertz CT molecular complexity index is 273. The van der Waals surface area contributed by atoms with Crippen molar-refractivity contribution >= 4 is 17.4 Å². The second-order valence-electron chi connectivity index (χ2n) is 2.25. The molecule has 3 nitrogen and oxygen atoms in total. The highest BCUT2D eigenvalue weighted by Gasteiger charge is 1.90. The van der Waals surface area contributed by atoms with Gasteiger partial charge in [-0.25, -0.2) is 4.99 Å². The summed E-state index contributed by atoms with van der Waals surface area (Å²) in [5, 5.41) is 6.39. The van der Waals surface area contributed by atoms with Crippen molar-refractivity contribution in [2.45, 2.75) is 13.5 Å². The summed E-state index contributed by atoms with van der Waals surface area (Å²) >= 11 is 4.43. The maximum absolute atomic E-state index is 4.43. The number of rotatable bonds is 3. The van der Waals surface area contributed by atoms with E-state index in [0.717, 1.165) is 12.1 Å². The maximum atomic E-state index is 4.43. The first kappa shape index (κ1) is 8.11. The fourth-order valence-electron chi connectivity index (χ4n) is 0.787. The first-order valence-corrected chi connectivity index (χ1v) is 3.76. The summed E-state index contributed by atoms with van der Waals surface area (Å²) in [7, 11) is 0. The average molecular weight is 167 g/mol. The molecule has 0 saturated carbocycles. The van der Waals surface area contributed by atoms with E-state index in [9.17, 15) is 0 Å². The van der Waals surface area contributed by atoms with E-state index in [1.807, 2.05) is 24.0 Å². The van der Waals surface area contributed by atoms with Crippen molar-refractivity contribution < 1.29 is 0 Å². The summed E-state index contributed by atoms with van der Waals surface area (Å²) in [5.74, 6) is 0. The summed E-state index contributed by atoms with van der Waals surface area (Å²) in [6.07, 6.45) is 3.79. The predicted octanol–water partition coefficient (Wildman–Crippen LogP) is 1.29. The third-order valence-corrected chi connectivity index (χ3v) is 1.40. The Balaban J connectivity index is 2.44. The Kier molecular flexibility index (Phi) is 2.95. The SMILES string of the molecule is Cc1cnn(CCN=C=S)c1. The number of thiocarbonyl (C=S) groups is 1. The van der Waals surface area contributed by atoms with Crippen molar-refractivity contribution in [3.8, 4) is 0 Å². The minimum atomic E-state index is 0.657. The lowest BCUT2D eigenvalue weighted by molar-refractivity contribution is 0.627. The van der Waals surface area contributed by atoms with Gasteiger partial charge in [0, 0.05) is 6.20 Å². The molecule has 0 spiro atoms. The molecular weight excluding hydrogens is 158 g/mol. The van der Waals surface area contributed by atoms with Gasteiger partial charge in [0.15, 0.2) is 0 Å². The van der Waals surface area contributed by atoms with Gasteiger partial charge >= 0.3 is 0 Å². The molecule has 1 aromatic rings. The van der Waals surface area contributed by atoms with Crippen LogP contribution in [0.15, 0.2) is 17.4 Å². The molecule has 4 heteroatoms. The smallest absolute Gasteiger partial charge is 0.0689 e. The van der Waals surface area contributed by atoms with E-state index in [1.165, 1.54) is 0 Å². The second-order valence-corrected chi connectivity index (χ2v) is 2.44. The van der Waals surface area contributed by atoms with Gasteiger partial charge in [-0.05, 0) is 24.7 Å². The van der Waals surface area contributed by atoms with E-state index in [0.29, 0.717) is 6.54 Å². The van der Waals surface area contributed by atoms with Gasteiger partial charge < -0.3 is 0 Å². The Morgan fingerprint density at radius 3 is 3.18 bits per heavy atom. The molecule has 1 heterocycles.